The zero-order valence-electron chi connectivity index (χ0n) is 17.2. The summed E-state index contributed by atoms with van der Waals surface area (Å²) >= 11 is 0. The lowest BCUT2D eigenvalue weighted by Crippen LogP contribution is -2.50. The third kappa shape index (κ3) is 2.35. The van der Waals surface area contributed by atoms with Gasteiger partial charge in [-0.05, 0) is 89.7 Å². The molecule has 4 heteroatoms. The lowest BCUT2D eigenvalue weighted by Gasteiger charge is -2.56. The van der Waals surface area contributed by atoms with Crippen molar-refractivity contribution in [2.24, 2.45) is 40.4 Å². The maximum absolute atomic E-state index is 13.9. The quantitative estimate of drug-likeness (QED) is 0.749. The molecule has 3 nitrogen and oxygen atoms in total. The van der Waals surface area contributed by atoms with Crippen LogP contribution in [-0.4, -0.2) is 17.4 Å². The van der Waals surface area contributed by atoms with Crippen molar-refractivity contribution < 1.29 is 9.18 Å². The van der Waals surface area contributed by atoms with Crippen LogP contribution in [0.2, 0.25) is 0 Å². The molecule has 0 aromatic carbocycles. The molecule has 0 spiro atoms. The predicted molar refractivity (Wildman–Crippen MR) is 110 cm³/mol. The number of nitrogens with zero attached hydrogens (tertiary/aromatic N) is 1. The minimum Gasteiger partial charge on any atom is -0.353 e. The Bertz CT molecular complexity index is 967. The van der Waals surface area contributed by atoms with Crippen molar-refractivity contribution in [1.29, 1.82) is 0 Å². The van der Waals surface area contributed by atoms with Gasteiger partial charge in [0, 0.05) is 18.8 Å². The Morgan fingerprint density at radius 3 is 2.86 bits per heavy atom. The third-order valence-electron chi connectivity index (χ3n) is 9.37. The summed E-state index contributed by atoms with van der Waals surface area (Å²) in [5, 5.41) is 3.08. The molecule has 1 aromatic rings. The molecule has 1 N–H and O–H groups in total. The van der Waals surface area contributed by atoms with Gasteiger partial charge < -0.3 is 5.32 Å². The van der Waals surface area contributed by atoms with Crippen molar-refractivity contribution >= 4 is 11.5 Å². The Morgan fingerprint density at radius 1 is 1.17 bits per heavy atom. The first kappa shape index (κ1) is 17.9. The van der Waals surface area contributed by atoms with Gasteiger partial charge >= 0.3 is 0 Å². The van der Waals surface area contributed by atoms with E-state index in [0.717, 1.165) is 37.3 Å². The number of nitrogens with one attached hydrogen (secondary N) is 1. The van der Waals surface area contributed by atoms with Gasteiger partial charge in [0.15, 0.2) is 0 Å². The van der Waals surface area contributed by atoms with Crippen LogP contribution in [0.15, 0.2) is 36.2 Å². The van der Waals surface area contributed by atoms with Crippen molar-refractivity contribution in [3.05, 3.63) is 47.6 Å². The zero-order valence-corrected chi connectivity index (χ0v) is 17.2. The van der Waals surface area contributed by atoms with Crippen LogP contribution in [0.4, 0.5) is 4.39 Å². The highest BCUT2D eigenvalue weighted by molar-refractivity contribution is 5.89. The molecular weight excluding hydrogens is 363 g/mol. The van der Waals surface area contributed by atoms with Crippen LogP contribution < -0.4 is 5.32 Å². The van der Waals surface area contributed by atoms with Crippen LogP contribution in [0.5, 0.6) is 0 Å². The van der Waals surface area contributed by atoms with Crippen molar-refractivity contribution in [1.82, 2.24) is 10.3 Å². The van der Waals surface area contributed by atoms with Gasteiger partial charge in [-0.3, -0.25) is 9.78 Å². The van der Waals surface area contributed by atoms with Gasteiger partial charge in [0.25, 0.3) is 0 Å². The number of hydrogen-bond acceptors (Lipinski definition) is 2. The van der Waals surface area contributed by atoms with Crippen LogP contribution in [0.25, 0.3) is 5.57 Å². The molecule has 1 aliphatic heterocycles. The van der Waals surface area contributed by atoms with E-state index in [4.69, 9.17) is 0 Å². The van der Waals surface area contributed by atoms with E-state index in [1.54, 1.807) is 6.07 Å². The molecule has 29 heavy (non-hydrogen) atoms. The van der Waals surface area contributed by atoms with E-state index in [9.17, 15) is 9.18 Å². The number of carbonyl (C=O) groups is 1. The SMILES string of the molecule is CC12CCC3C(C4CC4C4=CC(=O)NCCC43C)C1CC=C2c1cncc(F)c1. The fraction of sp³-hybridized carbons (Fsp3) is 0.600. The summed E-state index contributed by atoms with van der Waals surface area (Å²) in [6, 6.07) is 1.66. The topological polar surface area (TPSA) is 42.0 Å². The van der Waals surface area contributed by atoms with E-state index in [2.05, 4.69) is 30.2 Å². The summed E-state index contributed by atoms with van der Waals surface area (Å²) in [5.41, 5.74) is 3.98. The highest BCUT2D eigenvalue weighted by Gasteiger charge is 2.66. The molecule has 152 valence electrons. The molecule has 7 unspecified atom stereocenters. The maximum atomic E-state index is 13.9. The fourth-order valence-electron chi connectivity index (χ4n) is 7.99. The van der Waals surface area contributed by atoms with Crippen LogP contribution in [0.1, 0.15) is 51.5 Å². The van der Waals surface area contributed by atoms with Gasteiger partial charge in [-0.25, -0.2) is 4.39 Å². The second-order valence-electron chi connectivity index (χ2n) is 10.6. The van der Waals surface area contributed by atoms with Gasteiger partial charge in [-0.2, -0.15) is 0 Å². The number of fused-ring (bicyclic) bond motifs is 8. The predicted octanol–water partition coefficient (Wildman–Crippen LogP) is 4.76. The highest BCUT2D eigenvalue weighted by Crippen LogP contribution is 2.73. The largest absolute Gasteiger partial charge is 0.353 e. The average Bonchev–Trinajstić information content (AvgIpc) is 3.41. The summed E-state index contributed by atoms with van der Waals surface area (Å²) in [7, 11) is 0. The molecule has 0 radical (unpaired) electrons. The van der Waals surface area contributed by atoms with Gasteiger partial charge in [0.1, 0.15) is 5.82 Å². The Hall–Kier alpha value is -1.97. The molecule has 3 saturated carbocycles. The van der Waals surface area contributed by atoms with Crippen LogP contribution in [0.3, 0.4) is 0 Å². The van der Waals surface area contributed by atoms with Crippen molar-refractivity contribution in [3.8, 4) is 0 Å². The number of amides is 1. The minimum absolute atomic E-state index is 0.108. The smallest absolute Gasteiger partial charge is 0.243 e. The lowest BCUT2D eigenvalue weighted by molar-refractivity contribution is -0.116. The van der Waals surface area contributed by atoms with E-state index < -0.39 is 0 Å². The summed E-state index contributed by atoms with van der Waals surface area (Å²) in [6.07, 6.45) is 13.2. The van der Waals surface area contributed by atoms with Crippen molar-refractivity contribution in [2.75, 3.05) is 6.54 Å². The number of halogens is 1. The van der Waals surface area contributed by atoms with Gasteiger partial charge in [-0.15, -0.1) is 0 Å². The number of pyridine rings is 1. The number of rotatable bonds is 1. The highest BCUT2D eigenvalue weighted by atomic mass is 19.1. The van der Waals surface area contributed by atoms with E-state index in [0.29, 0.717) is 23.7 Å². The monoisotopic (exact) mass is 392 g/mol. The number of aromatic nitrogens is 1. The third-order valence-corrected chi connectivity index (χ3v) is 9.37. The van der Waals surface area contributed by atoms with Gasteiger partial charge in [0.05, 0.1) is 6.20 Å². The van der Waals surface area contributed by atoms with E-state index in [-0.39, 0.29) is 22.6 Å². The average molecular weight is 393 g/mol. The number of allylic oxidation sites excluding steroid dienone is 3. The zero-order chi connectivity index (χ0) is 20.0. The molecule has 2 heterocycles. The van der Waals surface area contributed by atoms with Crippen LogP contribution in [-0.2, 0) is 4.79 Å². The van der Waals surface area contributed by atoms with Gasteiger partial charge in [0.2, 0.25) is 5.91 Å². The van der Waals surface area contributed by atoms with Crippen molar-refractivity contribution in [3.63, 3.8) is 0 Å². The molecule has 7 atom stereocenters. The Kier molecular flexibility index (Phi) is 3.57. The Labute approximate surface area is 171 Å². The summed E-state index contributed by atoms with van der Waals surface area (Å²) < 4.78 is 13.9. The first-order chi connectivity index (χ1) is 13.9. The van der Waals surface area contributed by atoms with Gasteiger partial charge in [-0.1, -0.05) is 25.5 Å². The Balaban J connectivity index is 1.38. The maximum Gasteiger partial charge on any atom is 0.243 e. The normalized spacial score (nSPS) is 44.9. The molecule has 0 bridgehead atoms. The summed E-state index contributed by atoms with van der Waals surface area (Å²) in [6.45, 7) is 5.64. The molecule has 5 aliphatic rings. The van der Waals surface area contributed by atoms with E-state index in [1.165, 1.54) is 30.2 Å². The summed E-state index contributed by atoms with van der Waals surface area (Å²) in [5.74, 6) is 3.19. The molecule has 0 saturated heterocycles. The summed E-state index contributed by atoms with van der Waals surface area (Å²) in [4.78, 5) is 16.4. The van der Waals surface area contributed by atoms with E-state index >= 15 is 0 Å². The number of hydrogen-bond donors (Lipinski definition) is 1. The minimum atomic E-state index is -0.248. The number of carbonyl (C=O) groups excluding carboxylic acids is 1. The van der Waals surface area contributed by atoms with E-state index in [1.807, 2.05) is 12.3 Å². The molecule has 4 aliphatic carbocycles. The molecule has 1 amide bonds. The molecular formula is C25H29FN2O. The lowest BCUT2D eigenvalue weighted by atomic mass is 9.47. The fourth-order valence-corrected chi connectivity index (χ4v) is 7.99. The standard InChI is InChI=1S/C25H29FN2O/c1-24-6-5-20-23(19(24)4-3-18(24)14-9-15(26)13-27-12-14)17-10-16(17)21-11-22(29)28-8-7-25(20,21)2/h3,9,11-13,16-17,19-20,23H,4-8,10H2,1-2H3,(H,28,29). The molecule has 3 fully saturated rings. The first-order valence-corrected chi connectivity index (χ1v) is 11.2. The van der Waals surface area contributed by atoms with Crippen LogP contribution in [0, 0.1) is 46.2 Å². The molecule has 1 aromatic heterocycles. The first-order valence-electron chi connectivity index (χ1n) is 11.2. The van der Waals surface area contributed by atoms with Crippen LogP contribution >= 0.6 is 0 Å². The molecule has 6 rings (SSSR count). The second-order valence-corrected chi connectivity index (χ2v) is 10.6. The Morgan fingerprint density at radius 2 is 2.03 bits per heavy atom. The van der Waals surface area contributed by atoms with Crippen molar-refractivity contribution in [2.45, 2.75) is 46.0 Å². The second kappa shape index (κ2) is 5.80.